The Morgan fingerprint density at radius 1 is 1.56 bits per heavy atom. The Hall–Kier alpha value is -1.14. The first-order valence-electron chi connectivity index (χ1n) is 5.58. The van der Waals surface area contributed by atoms with Gasteiger partial charge in [-0.05, 0) is 19.3 Å². The van der Waals surface area contributed by atoms with E-state index in [1.807, 2.05) is 0 Å². The van der Waals surface area contributed by atoms with E-state index in [0.717, 1.165) is 19.3 Å². The second-order valence-electron chi connectivity index (χ2n) is 4.52. The zero-order valence-corrected chi connectivity index (χ0v) is 9.08. The molecule has 0 spiro atoms. The fourth-order valence-electron chi connectivity index (χ4n) is 2.03. The van der Waals surface area contributed by atoms with Gasteiger partial charge >= 0.3 is 0 Å². The van der Waals surface area contributed by atoms with E-state index in [1.165, 1.54) is 0 Å². The summed E-state index contributed by atoms with van der Waals surface area (Å²) in [5.74, 6) is -0.238. The van der Waals surface area contributed by atoms with Crippen LogP contribution in [0.1, 0.15) is 19.3 Å². The summed E-state index contributed by atoms with van der Waals surface area (Å²) in [5.41, 5.74) is -0.416. The highest BCUT2D eigenvalue weighted by Crippen LogP contribution is 2.31. The third-order valence-electron chi connectivity index (χ3n) is 3.33. The Morgan fingerprint density at radius 3 is 2.75 bits per heavy atom. The van der Waals surface area contributed by atoms with E-state index in [9.17, 15) is 14.7 Å². The summed E-state index contributed by atoms with van der Waals surface area (Å²) in [7, 11) is 0. The van der Waals surface area contributed by atoms with E-state index in [0.29, 0.717) is 6.54 Å². The Bertz CT molecular complexity index is 286. The molecule has 0 bridgehead atoms. The summed E-state index contributed by atoms with van der Waals surface area (Å²) < 4.78 is 0. The topological polar surface area (TPSA) is 90.5 Å². The summed E-state index contributed by atoms with van der Waals surface area (Å²) in [6, 6.07) is -0.387. The number of aliphatic hydroxyl groups excluding tert-OH is 1. The van der Waals surface area contributed by atoms with Crippen LogP contribution in [0.4, 0.5) is 0 Å². The quantitative estimate of drug-likeness (QED) is 0.453. The molecule has 2 aliphatic rings. The summed E-state index contributed by atoms with van der Waals surface area (Å²) in [6.45, 7) is 0.466. The van der Waals surface area contributed by atoms with Crippen molar-refractivity contribution in [2.75, 3.05) is 19.7 Å². The number of hydrogen-bond acceptors (Lipinski definition) is 4. The van der Waals surface area contributed by atoms with Gasteiger partial charge in [0.1, 0.15) is 6.04 Å². The molecule has 6 heteroatoms. The van der Waals surface area contributed by atoms with Crippen molar-refractivity contribution < 1.29 is 14.7 Å². The molecule has 0 aromatic rings. The average molecular weight is 227 g/mol. The molecule has 1 aliphatic carbocycles. The maximum atomic E-state index is 11.8. The van der Waals surface area contributed by atoms with Crippen LogP contribution in [-0.4, -0.2) is 48.2 Å². The maximum absolute atomic E-state index is 11.8. The van der Waals surface area contributed by atoms with Crippen molar-refractivity contribution in [1.29, 1.82) is 0 Å². The van der Waals surface area contributed by atoms with Crippen LogP contribution in [0.3, 0.4) is 0 Å². The lowest BCUT2D eigenvalue weighted by molar-refractivity contribution is -0.129. The second kappa shape index (κ2) is 4.39. The predicted octanol–water partition coefficient (Wildman–Crippen LogP) is -1.89. The number of carbonyl (C=O) groups excluding carboxylic acids is 2. The largest absolute Gasteiger partial charge is 0.394 e. The molecule has 1 unspecified atom stereocenters. The molecule has 0 aromatic carbocycles. The number of nitrogens with one attached hydrogen (secondary N) is 3. The molecule has 90 valence electrons. The Balaban J connectivity index is 1.85. The van der Waals surface area contributed by atoms with Crippen LogP contribution in [0.25, 0.3) is 0 Å². The van der Waals surface area contributed by atoms with Crippen molar-refractivity contribution in [1.82, 2.24) is 16.0 Å². The van der Waals surface area contributed by atoms with Crippen LogP contribution in [0, 0.1) is 0 Å². The molecule has 1 saturated heterocycles. The SMILES string of the molecule is O=C1CNC(C(=O)NC2(CO)CCC2)CN1. The fourth-order valence-corrected chi connectivity index (χ4v) is 2.03. The van der Waals surface area contributed by atoms with Crippen LogP contribution >= 0.6 is 0 Å². The van der Waals surface area contributed by atoms with E-state index in [1.54, 1.807) is 0 Å². The minimum atomic E-state index is -0.416. The molecule has 6 nitrogen and oxygen atoms in total. The standard InChI is InChI=1S/C10H17N3O3/c14-6-10(2-1-3-10)13-9(16)7-4-12-8(15)5-11-7/h7,11,14H,1-6H2,(H,12,15)(H,13,16). The average Bonchev–Trinajstić information content (AvgIpc) is 2.24. The smallest absolute Gasteiger partial charge is 0.239 e. The Kier molecular flexibility index (Phi) is 3.11. The van der Waals surface area contributed by atoms with Gasteiger partial charge in [-0.3, -0.25) is 14.9 Å². The summed E-state index contributed by atoms with van der Waals surface area (Å²) in [6.07, 6.45) is 2.69. The number of piperazine rings is 1. The van der Waals surface area contributed by atoms with Gasteiger partial charge in [0.25, 0.3) is 0 Å². The van der Waals surface area contributed by atoms with Gasteiger partial charge in [0, 0.05) is 6.54 Å². The van der Waals surface area contributed by atoms with E-state index < -0.39 is 5.54 Å². The number of aliphatic hydroxyl groups is 1. The van der Waals surface area contributed by atoms with Gasteiger partial charge in [-0.1, -0.05) is 0 Å². The normalized spacial score (nSPS) is 27.8. The number of amides is 2. The summed E-state index contributed by atoms with van der Waals surface area (Å²) >= 11 is 0. The molecular weight excluding hydrogens is 210 g/mol. The molecular formula is C10H17N3O3. The van der Waals surface area contributed by atoms with Crippen molar-refractivity contribution in [2.45, 2.75) is 30.8 Å². The molecule has 4 N–H and O–H groups in total. The highest BCUT2D eigenvalue weighted by atomic mass is 16.3. The molecule has 1 aliphatic heterocycles. The lowest BCUT2D eigenvalue weighted by Crippen LogP contribution is -2.64. The Labute approximate surface area is 93.8 Å². The van der Waals surface area contributed by atoms with Crippen LogP contribution < -0.4 is 16.0 Å². The van der Waals surface area contributed by atoms with Crippen molar-refractivity contribution in [2.24, 2.45) is 0 Å². The molecule has 0 radical (unpaired) electrons. The summed E-state index contributed by atoms with van der Waals surface area (Å²) in [5, 5.41) is 17.6. The molecule has 2 fully saturated rings. The molecule has 2 rings (SSSR count). The number of carbonyl (C=O) groups is 2. The van der Waals surface area contributed by atoms with Gasteiger partial charge in [0.05, 0.1) is 18.7 Å². The van der Waals surface area contributed by atoms with Crippen molar-refractivity contribution in [3.05, 3.63) is 0 Å². The highest BCUT2D eigenvalue weighted by molar-refractivity contribution is 5.87. The van der Waals surface area contributed by atoms with Gasteiger partial charge in [0.2, 0.25) is 11.8 Å². The maximum Gasteiger partial charge on any atom is 0.239 e. The lowest BCUT2D eigenvalue weighted by atomic mass is 9.77. The lowest BCUT2D eigenvalue weighted by Gasteiger charge is -2.42. The van der Waals surface area contributed by atoms with Crippen LogP contribution in [0.5, 0.6) is 0 Å². The van der Waals surface area contributed by atoms with Crippen molar-refractivity contribution in [3.8, 4) is 0 Å². The predicted molar refractivity (Wildman–Crippen MR) is 56.6 cm³/mol. The van der Waals surface area contributed by atoms with Gasteiger partial charge < -0.3 is 15.7 Å². The van der Waals surface area contributed by atoms with Gasteiger partial charge in [0.15, 0.2) is 0 Å². The van der Waals surface area contributed by atoms with Crippen molar-refractivity contribution in [3.63, 3.8) is 0 Å². The van der Waals surface area contributed by atoms with E-state index in [-0.39, 0.29) is 31.0 Å². The van der Waals surface area contributed by atoms with E-state index >= 15 is 0 Å². The first kappa shape index (κ1) is 11.3. The molecule has 1 saturated carbocycles. The van der Waals surface area contributed by atoms with E-state index in [4.69, 9.17) is 0 Å². The van der Waals surface area contributed by atoms with Gasteiger partial charge in [-0.2, -0.15) is 0 Å². The zero-order valence-electron chi connectivity index (χ0n) is 9.08. The molecule has 1 atom stereocenters. The monoisotopic (exact) mass is 227 g/mol. The third kappa shape index (κ3) is 2.17. The number of rotatable bonds is 3. The molecule has 1 heterocycles. The van der Waals surface area contributed by atoms with Gasteiger partial charge in [-0.25, -0.2) is 0 Å². The molecule has 16 heavy (non-hydrogen) atoms. The van der Waals surface area contributed by atoms with Crippen LogP contribution in [-0.2, 0) is 9.59 Å². The van der Waals surface area contributed by atoms with Gasteiger partial charge in [-0.15, -0.1) is 0 Å². The first-order chi connectivity index (χ1) is 7.65. The zero-order chi connectivity index (χ0) is 11.6. The number of hydrogen-bond donors (Lipinski definition) is 4. The van der Waals surface area contributed by atoms with Crippen molar-refractivity contribution >= 4 is 11.8 Å². The third-order valence-corrected chi connectivity index (χ3v) is 3.33. The van der Waals surface area contributed by atoms with Crippen LogP contribution in [0.15, 0.2) is 0 Å². The Morgan fingerprint density at radius 2 is 2.31 bits per heavy atom. The van der Waals surface area contributed by atoms with E-state index in [2.05, 4.69) is 16.0 Å². The molecule has 0 aromatic heterocycles. The second-order valence-corrected chi connectivity index (χ2v) is 4.52. The van der Waals surface area contributed by atoms with Crippen LogP contribution in [0.2, 0.25) is 0 Å². The minimum Gasteiger partial charge on any atom is -0.394 e. The minimum absolute atomic E-state index is 0.0161. The highest BCUT2D eigenvalue weighted by Gasteiger charge is 2.39. The first-order valence-corrected chi connectivity index (χ1v) is 5.58. The summed E-state index contributed by atoms with van der Waals surface area (Å²) in [4.78, 5) is 22.7. The fraction of sp³-hybridized carbons (Fsp3) is 0.800. The molecule has 2 amide bonds.